The van der Waals surface area contributed by atoms with Gasteiger partial charge < -0.3 is 4.90 Å². The molecule has 6 heteroatoms. The average molecular weight is 433 g/mol. The lowest BCUT2D eigenvalue weighted by molar-refractivity contribution is 0.148. The summed E-state index contributed by atoms with van der Waals surface area (Å²) in [6.45, 7) is 4.88. The molecule has 0 radical (unpaired) electrons. The zero-order valence-corrected chi connectivity index (χ0v) is 18.4. The highest BCUT2D eigenvalue weighted by molar-refractivity contribution is 7.08. The summed E-state index contributed by atoms with van der Waals surface area (Å²) < 4.78 is 16.7. The molecule has 1 saturated heterocycles. The second-order valence-electron chi connectivity index (χ2n) is 8.05. The van der Waals surface area contributed by atoms with Crippen LogP contribution in [0, 0.1) is 5.82 Å². The average Bonchev–Trinajstić information content (AvgIpc) is 3.47. The van der Waals surface area contributed by atoms with Crippen molar-refractivity contribution in [1.29, 1.82) is 0 Å². The SMILES string of the molecule is CN1CCN(Cc2cnn(-c3ccc(-c4ccsc4)cc3)c2-c2ccccc2F)CC1. The smallest absolute Gasteiger partial charge is 0.132 e. The maximum absolute atomic E-state index is 14.8. The van der Waals surface area contributed by atoms with Crippen LogP contribution in [0.1, 0.15) is 5.56 Å². The Labute approximate surface area is 186 Å². The van der Waals surface area contributed by atoms with Gasteiger partial charge in [-0.2, -0.15) is 16.4 Å². The number of nitrogens with zero attached hydrogens (tertiary/aromatic N) is 4. The minimum atomic E-state index is -0.223. The number of rotatable bonds is 5. The summed E-state index contributed by atoms with van der Waals surface area (Å²) in [7, 11) is 2.15. The van der Waals surface area contributed by atoms with E-state index in [9.17, 15) is 4.39 Å². The van der Waals surface area contributed by atoms with Crippen LogP contribution in [0.5, 0.6) is 0 Å². The lowest BCUT2D eigenvalue weighted by atomic mass is 10.1. The Balaban J connectivity index is 1.53. The first kappa shape index (κ1) is 20.1. The van der Waals surface area contributed by atoms with Crippen LogP contribution in [0.2, 0.25) is 0 Å². The van der Waals surface area contributed by atoms with Gasteiger partial charge in [0.05, 0.1) is 17.6 Å². The molecule has 1 fully saturated rings. The molecule has 0 N–H and O–H groups in total. The fourth-order valence-electron chi connectivity index (χ4n) is 4.10. The van der Waals surface area contributed by atoms with Crippen molar-refractivity contribution in [3.63, 3.8) is 0 Å². The maximum atomic E-state index is 14.8. The molecular weight excluding hydrogens is 407 g/mol. The molecule has 0 saturated carbocycles. The second kappa shape index (κ2) is 8.75. The van der Waals surface area contributed by atoms with Crippen LogP contribution in [0.15, 0.2) is 71.6 Å². The minimum Gasteiger partial charge on any atom is -0.304 e. The Hall–Kier alpha value is -2.80. The first-order chi connectivity index (χ1) is 15.2. The molecule has 4 aromatic rings. The first-order valence-electron chi connectivity index (χ1n) is 10.5. The van der Waals surface area contributed by atoms with E-state index in [-0.39, 0.29) is 5.82 Å². The molecule has 2 aromatic carbocycles. The number of hydrogen-bond acceptors (Lipinski definition) is 4. The highest BCUT2D eigenvalue weighted by Gasteiger charge is 2.21. The highest BCUT2D eigenvalue weighted by Crippen LogP contribution is 2.31. The predicted octanol–water partition coefficient (Wildman–Crippen LogP) is 5.15. The molecule has 0 amide bonds. The molecular formula is C25H25FN4S. The van der Waals surface area contributed by atoms with E-state index in [1.165, 1.54) is 17.2 Å². The van der Waals surface area contributed by atoms with E-state index in [1.807, 2.05) is 23.0 Å². The summed E-state index contributed by atoms with van der Waals surface area (Å²) in [5.74, 6) is -0.223. The third kappa shape index (κ3) is 4.19. The van der Waals surface area contributed by atoms with Crippen molar-refractivity contribution >= 4 is 11.3 Å². The molecule has 1 aliphatic rings. The Morgan fingerprint density at radius 2 is 1.71 bits per heavy atom. The van der Waals surface area contributed by atoms with Crippen LogP contribution >= 0.6 is 11.3 Å². The lowest BCUT2D eigenvalue weighted by Crippen LogP contribution is -2.43. The van der Waals surface area contributed by atoms with E-state index >= 15 is 0 Å². The van der Waals surface area contributed by atoms with Crippen LogP contribution in [0.25, 0.3) is 28.1 Å². The fourth-order valence-corrected chi connectivity index (χ4v) is 4.77. The summed E-state index contributed by atoms with van der Waals surface area (Å²) in [5.41, 5.74) is 5.79. The Morgan fingerprint density at radius 1 is 0.935 bits per heavy atom. The number of piperazine rings is 1. The first-order valence-corrected chi connectivity index (χ1v) is 11.5. The van der Waals surface area contributed by atoms with Gasteiger partial charge >= 0.3 is 0 Å². The summed E-state index contributed by atoms with van der Waals surface area (Å²) in [5, 5.41) is 8.91. The van der Waals surface area contributed by atoms with Gasteiger partial charge in [0.1, 0.15) is 5.82 Å². The molecule has 5 rings (SSSR count). The molecule has 0 bridgehead atoms. The molecule has 0 atom stereocenters. The molecule has 1 aliphatic heterocycles. The summed E-state index contributed by atoms with van der Waals surface area (Å²) in [6, 6.07) is 17.4. The normalized spacial score (nSPS) is 15.4. The maximum Gasteiger partial charge on any atom is 0.132 e. The minimum absolute atomic E-state index is 0.223. The standard InChI is InChI=1S/C25H25FN4S/c1-28-11-13-29(14-12-28)17-21-16-27-30(25(21)23-4-2-3-5-24(23)26)22-8-6-19(7-9-22)20-10-15-31-18-20/h2-10,15-16,18H,11-14,17H2,1H3. The van der Waals surface area contributed by atoms with Gasteiger partial charge in [-0.25, -0.2) is 9.07 Å². The summed E-state index contributed by atoms with van der Waals surface area (Å²) >= 11 is 1.69. The van der Waals surface area contributed by atoms with E-state index in [2.05, 4.69) is 57.9 Å². The summed E-state index contributed by atoms with van der Waals surface area (Å²) in [4.78, 5) is 4.76. The number of likely N-dealkylation sites (N-methyl/N-ethyl adjacent to an activating group) is 1. The van der Waals surface area contributed by atoms with Gasteiger partial charge in [-0.05, 0) is 59.3 Å². The molecule has 0 aliphatic carbocycles. The van der Waals surface area contributed by atoms with Gasteiger partial charge in [0.15, 0.2) is 0 Å². The van der Waals surface area contributed by atoms with Crippen LogP contribution in [-0.4, -0.2) is 52.8 Å². The Kier molecular flexibility index (Phi) is 5.68. The molecule has 158 valence electrons. The van der Waals surface area contributed by atoms with Gasteiger partial charge in [-0.15, -0.1) is 0 Å². The number of hydrogen-bond donors (Lipinski definition) is 0. The van der Waals surface area contributed by atoms with Crippen molar-refractivity contribution in [3.05, 3.63) is 82.9 Å². The fraction of sp³-hybridized carbons (Fsp3) is 0.240. The molecule has 0 unspecified atom stereocenters. The second-order valence-corrected chi connectivity index (χ2v) is 8.83. The number of thiophene rings is 1. The van der Waals surface area contributed by atoms with Crippen LogP contribution in [0.4, 0.5) is 4.39 Å². The monoisotopic (exact) mass is 432 g/mol. The van der Waals surface area contributed by atoms with Crippen molar-refractivity contribution in [3.8, 4) is 28.1 Å². The zero-order chi connectivity index (χ0) is 21.2. The zero-order valence-electron chi connectivity index (χ0n) is 17.5. The van der Waals surface area contributed by atoms with E-state index in [0.29, 0.717) is 5.56 Å². The van der Waals surface area contributed by atoms with Crippen molar-refractivity contribution in [2.75, 3.05) is 33.2 Å². The van der Waals surface area contributed by atoms with E-state index < -0.39 is 0 Å². The highest BCUT2D eigenvalue weighted by atomic mass is 32.1. The van der Waals surface area contributed by atoms with Crippen molar-refractivity contribution < 1.29 is 4.39 Å². The Morgan fingerprint density at radius 3 is 2.42 bits per heavy atom. The molecule has 2 aromatic heterocycles. The van der Waals surface area contributed by atoms with E-state index in [4.69, 9.17) is 5.10 Å². The van der Waals surface area contributed by atoms with Crippen molar-refractivity contribution in [2.45, 2.75) is 6.54 Å². The van der Waals surface area contributed by atoms with Gasteiger partial charge in [-0.3, -0.25) is 4.90 Å². The van der Waals surface area contributed by atoms with Crippen molar-refractivity contribution in [2.24, 2.45) is 0 Å². The number of benzene rings is 2. The number of halogens is 1. The van der Waals surface area contributed by atoms with Gasteiger partial charge in [0, 0.05) is 43.9 Å². The third-order valence-electron chi connectivity index (χ3n) is 5.93. The van der Waals surface area contributed by atoms with Crippen LogP contribution in [0.3, 0.4) is 0 Å². The molecule has 0 spiro atoms. The predicted molar refractivity (Wildman–Crippen MR) is 125 cm³/mol. The summed E-state index contributed by atoms with van der Waals surface area (Å²) in [6.07, 6.45) is 1.90. The topological polar surface area (TPSA) is 24.3 Å². The van der Waals surface area contributed by atoms with Crippen molar-refractivity contribution in [1.82, 2.24) is 19.6 Å². The molecule has 4 nitrogen and oxygen atoms in total. The van der Waals surface area contributed by atoms with Gasteiger partial charge in [-0.1, -0.05) is 24.3 Å². The van der Waals surface area contributed by atoms with Gasteiger partial charge in [0.25, 0.3) is 0 Å². The largest absolute Gasteiger partial charge is 0.304 e. The molecule has 31 heavy (non-hydrogen) atoms. The van der Waals surface area contributed by atoms with Crippen LogP contribution in [-0.2, 0) is 6.54 Å². The third-order valence-corrected chi connectivity index (χ3v) is 6.61. The van der Waals surface area contributed by atoms with E-state index in [1.54, 1.807) is 17.4 Å². The van der Waals surface area contributed by atoms with E-state index in [0.717, 1.165) is 49.7 Å². The van der Waals surface area contributed by atoms with Crippen LogP contribution < -0.4 is 0 Å². The Bertz CT molecular complexity index is 1140. The molecule has 3 heterocycles. The quantitative estimate of drug-likeness (QED) is 0.436. The van der Waals surface area contributed by atoms with Gasteiger partial charge in [0.2, 0.25) is 0 Å². The lowest BCUT2D eigenvalue weighted by Gasteiger charge is -2.32. The number of aromatic nitrogens is 2.